The van der Waals surface area contributed by atoms with Gasteiger partial charge in [0.15, 0.2) is 0 Å². The highest BCUT2D eigenvalue weighted by Crippen LogP contribution is 2.17. The molecule has 0 amide bonds. The fraction of sp³-hybridized carbons (Fsp3) is 0.312. The number of aromatic nitrogens is 1. The van der Waals surface area contributed by atoms with Gasteiger partial charge in [0.2, 0.25) is 5.95 Å². The second-order valence-electron chi connectivity index (χ2n) is 5.23. The second-order valence-corrected chi connectivity index (χ2v) is 5.23. The molecule has 3 rings (SSSR count). The zero-order chi connectivity index (χ0) is 14.7. The maximum atomic E-state index is 13.2. The van der Waals surface area contributed by atoms with Gasteiger partial charge >= 0.3 is 0 Å². The van der Waals surface area contributed by atoms with Crippen molar-refractivity contribution in [1.82, 2.24) is 9.88 Å². The predicted octanol–water partition coefficient (Wildman–Crippen LogP) is 2.68. The highest BCUT2D eigenvalue weighted by atomic mass is 19.1. The van der Waals surface area contributed by atoms with Crippen molar-refractivity contribution < 1.29 is 8.78 Å². The molecule has 2 aromatic rings. The van der Waals surface area contributed by atoms with E-state index in [0.29, 0.717) is 0 Å². The van der Waals surface area contributed by atoms with Crippen molar-refractivity contribution in [2.24, 2.45) is 0 Å². The smallest absolute Gasteiger partial charge is 0.214 e. The first kappa shape index (κ1) is 13.9. The van der Waals surface area contributed by atoms with E-state index >= 15 is 0 Å². The molecule has 1 fully saturated rings. The molecule has 1 aliphatic heterocycles. The molecule has 0 saturated carbocycles. The molecule has 1 aromatic carbocycles. The average molecular weight is 289 g/mol. The molecule has 0 radical (unpaired) electrons. The zero-order valence-electron chi connectivity index (χ0n) is 11.7. The number of benzene rings is 1. The molecule has 0 N–H and O–H groups in total. The summed E-state index contributed by atoms with van der Waals surface area (Å²) in [6.07, 6.45) is 1.49. The summed E-state index contributed by atoms with van der Waals surface area (Å²) in [7, 11) is 0. The van der Waals surface area contributed by atoms with Crippen molar-refractivity contribution in [3.05, 3.63) is 59.9 Å². The van der Waals surface area contributed by atoms with Gasteiger partial charge in [-0.2, -0.15) is 4.39 Å². The van der Waals surface area contributed by atoms with Crippen LogP contribution in [-0.2, 0) is 6.54 Å². The fourth-order valence-corrected chi connectivity index (χ4v) is 2.65. The Morgan fingerprint density at radius 2 is 1.81 bits per heavy atom. The van der Waals surface area contributed by atoms with Crippen LogP contribution < -0.4 is 4.90 Å². The lowest BCUT2D eigenvalue weighted by molar-refractivity contribution is 0.249. The zero-order valence-corrected chi connectivity index (χ0v) is 11.7. The van der Waals surface area contributed by atoms with Gasteiger partial charge in [-0.05, 0) is 23.8 Å². The lowest BCUT2D eigenvalue weighted by atomic mass is 10.2. The summed E-state index contributed by atoms with van der Waals surface area (Å²) in [5.74, 6) is -0.645. The Bertz CT molecular complexity index is 610. The van der Waals surface area contributed by atoms with Crippen LogP contribution in [0.15, 0.2) is 42.6 Å². The van der Waals surface area contributed by atoms with Gasteiger partial charge in [0.05, 0.1) is 0 Å². The van der Waals surface area contributed by atoms with E-state index < -0.39 is 5.95 Å². The van der Waals surface area contributed by atoms with Crippen LogP contribution in [0.2, 0.25) is 0 Å². The molecule has 0 bridgehead atoms. The molecule has 0 spiro atoms. The van der Waals surface area contributed by atoms with Gasteiger partial charge < -0.3 is 4.90 Å². The van der Waals surface area contributed by atoms with Crippen molar-refractivity contribution in [3.8, 4) is 0 Å². The summed E-state index contributed by atoms with van der Waals surface area (Å²) >= 11 is 0. The molecular formula is C16H17F2N3. The van der Waals surface area contributed by atoms with Gasteiger partial charge in [-0.25, -0.2) is 9.37 Å². The number of nitrogens with zero attached hydrogens (tertiary/aromatic N) is 3. The molecule has 110 valence electrons. The fourth-order valence-electron chi connectivity index (χ4n) is 2.65. The molecule has 1 aliphatic rings. The summed E-state index contributed by atoms with van der Waals surface area (Å²) in [5.41, 5.74) is 1.85. The minimum atomic E-state index is -0.449. The van der Waals surface area contributed by atoms with Crippen molar-refractivity contribution in [3.63, 3.8) is 0 Å². The van der Waals surface area contributed by atoms with Crippen molar-refractivity contribution in [2.75, 3.05) is 31.1 Å². The first-order valence-electron chi connectivity index (χ1n) is 7.04. The Hall–Kier alpha value is -2.01. The number of rotatable bonds is 3. The van der Waals surface area contributed by atoms with Crippen LogP contribution in [0.3, 0.4) is 0 Å². The summed E-state index contributed by atoms with van der Waals surface area (Å²) < 4.78 is 26.3. The molecule has 3 nitrogen and oxygen atoms in total. The maximum Gasteiger partial charge on any atom is 0.214 e. The third-order valence-electron chi connectivity index (χ3n) is 3.74. The Labute approximate surface area is 122 Å². The number of hydrogen-bond acceptors (Lipinski definition) is 3. The van der Waals surface area contributed by atoms with Gasteiger partial charge in [0, 0.05) is 50.7 Å². The minimum Gasteiger partial charge on any atom is -0.369 e. The van der Waals surface area contributed by atoms with E-state index in [0.717, 1.165) is 44.0 Å². The molecule has 1 aromatic heterocycles. The molecule has 21 heavy (non-hydrogen) atoms. The molecule has 1 saturated heterocycles. The number of piperazine rings is 1. The Morgan fingerprint density at radius 3 is 2.52 bits per heavy atom. The quantitative estimate of drug-likeness (QED) is 0.810. The summed E-state index contributed by atoms with van der Waals surface area (Å²) in [5, 5.41) is 0. The van der Waals surface area contributed by atoms with Crippen molar-refractivity contribution in [1.29, 1.82) is 0 Å². The predicted molar refractivity (Wildman–Crippen MR) is 78.1 cm³/mol. The van der Waals surface area contributed by atoms with Crippen LogP contribution in [0.1, 0.15) is 5.56 Å². The molecular weight excluding hydrogens is 272 g/mol. The Balaban J connectivity index is 1.58. The minimum absolute atomic E-state index is 0.196. The van der Waals surface area contributed by atoms with E-state index in [2.05, 4.69) is 14.8 Å². The van der Waals surface area contributed by atoms with E-state index in [1.165, 1.54) is 18.3 Å². The third kappa shape index (κ3) is 3.55. The highest BCUT2D eigenvalue weighted by molar-refractivity contribution is 5.45. The number of halogens is 2. The van der Waals surface area contributed by atoms with Gasteiger partial charge in [0.25, 0.3) is 0 Å². The first-order valence-corrected chi connectivity index (χ1v) is 7.04. The molecule has 2 heterocycles. The lowest BCUT2D eigenvalue weighted by Gasteiger charge is -2.36. The molecule has 0 aliphatic carbocycles. The van der Waals surface area contributed by atoms with E-state index in [4.69, 9.17) is 0 Å². The van der Waals surface area contributed by atoms with Crippen LogP contribution in [-0.4, -0.2) is 36.1 Å². The molecule has 0 atom stereocenters. The third-order valence-corrected chi connectivity index (χ3v) is 3.74. The summed E-state index contributed by atoms with van der Waals surface area (Å²) in [6.45, 7) is 4.16. The Morgan fingerprint density at radius 1 is 1.00 bits per heavy atom. The monoisotopic (exact) mass is 289 g/mol. The number of pyridine rings is 1. The number of hydrogen-bond donors (Lipinski definition) is 0. The SMILES string of the molecule is Fc1cccc(CN2CCN(c3ccnc(F)c3)CC2)c1. The van der Waals surface area contributed by atoms with Crippen LogP contribution in [0, 0.1) is 11.8 Å². The van der Waals surface area contributed by atoms with Crippen LogP contribution in [0.4, 0.5) is 14.5 Å². The largest absolute Gasteiger partial charge is 0.369 e. The topological polar surface area (TPSA) is 19.4 Å². The summed E-state index contributed by atoms with van der Waals surface area (Å²) in [6, 6.07) is 9.99. The molecule has 0 unspecified atom stereocenters. The molecule has 5 heteroatoms. The van der Waals surface area contributed by atoms with Gasteiger partial charge in [0.1, 0.15) is 5.82 Å². The van der Waals surface area contributed by atoms with Crippen LogP contribution in [0.25, 0.3) is 0 Å². The van der Waals surface area contributed by atoms with E-state index in [-0.39, 0.29) is 5.82 Å². The number of anilines is 1. The van der Waals surface area contributed by atoms with Crippen LogP contribution >= 0.6 is 0 Å². The van der Waals surface area contributed by atoms with Gasteiger partial charge in [-0.15, -0.1) is 0 Å². The van der Waals surface area contributed by atoms with Crippen molar-refractivity contribution >= 4 is 5.69 Å². The van der Waals surface area contributed by atoms with E-state index in [1.54, 1.807) is 12.1 Å². The van der Waals surface area contributed by atoms with E-state index in [1.807, 2.05) is 12.1 Å². The van der Waals surface area contributed by atoms with Crippen LogP contribution in [0.5, 0.6) is 0 Å². The van der Waals surface area contributed by atoms with Gasteiger partial charge in [-0.3, -0.25) is 4.90 Å². The van der Waals surface area contributed by atoms with Gasteiger partial charge in [-0.1, -0.05) is 12.1 Å². The average Bonchev–Trinajstić information content (AvgIpc) is 2.48. The maximum absolute atomic E-state index is 13.2. The standard InChI is InChI=1S/C16H17F2N3/c17-14-3-1-2-13(10-14)12-20-6-8-21(9-7-20)15-4-5-19-16(18)11-15/h1-5,10-11H,6-9,12H2. The van der Waals surface area contributed by atoms with Crippen molar-refractivity contribution in [2.45, 2.75) is 6.54 Å². The van der Waals surface area contributed by atoms with E-state index in [9.17, 15) is 8.78 Å². The Kier molecular flexibility index (Phi) is 4.10. The summed E-state index contributed by atoms with van der Waals surface area (Å²) in [4.78, 5) is 8.00. The lowest BCUT2D eigenvalue weighted by Crippen LogP contribution is -2.46. The normalized spacial score (nSPS) is 16.2. The first-order chi connectivity index (χ1) is 10.2. The second kappa shape index (κ2) is 6.18. The highest BCUT2D eigenvalue weighted by Gasteiger charge is 2.17.